The summed E-state index contributed by atoms with van der Waals surface area (Å²) < 4.78 is 34.2. The molecule has 0 aliphatic carbocycles. The Bertz CT molecular complexity index is 961. The zero-order valence-electron chi connectivity index (χ0n) is 15.8. The van der Waals surface area contributed by atoms with Gasteiger partial charge in [-0.2, -0.15) is 4.31 Å². The molecule has 0 radical (unpaired) electrons. The van der Waals surface area contributed by atoms with E-state index in [0.717, 1.165) is 23.7 Å². The first-order chi connectivity index (χ1) is 13.3. The number of nitrogens with zero attached hydrogens (tertiary/aromatic N) is 1. The minimum atomic E-state index is -3.77. The summed E-state index contributed by atoms with van der Waals surface area (Å²) in [6, 6.07) is 11.6. The van der Waals surface area contributed by atoms with Gasteiger partial charge in [-0.1, -0.05) is 22.4 Å². The molecule has 1 saturated heterocycles. The van der Waals surface area contributed by atoms with Crippen LogP contribution in [0, 0.1) is 0 Å². The van der Waals surface area contributed by atoms with Gasteiger partial charge in [-0.15, -0.1) is 0 Å². The van der Waals surface area contributed by atoms with Crippen LogP contribution in [0.5, 0.6) is 5.75 Å². The highest BCUT2D eigenvalue weighted by molar-refractivity contribution is 9.10. The number of piperidine rings is 1. The highest BCUT2D eigenvalue weighted by Gasteiger charge is 2.33. The van der Waals surface area contributed by atoms with Crippen LogP contribution in [0.2, 0.25) is 0 Å². The number of hydrogen-bond donors (Lipinski definition) is 1. The lowest BCUT2D eigenvalue weighted by molar-refractivity contribution is 0.102. The molecule has 1 heterocycles. The number of methoxy groups -OCH3 is 1. The predicted octanol–water partition coefficient (Wildman–Crippen LogP) is 4.27. The minimum Gasteiger partial charge on any atom is -0.495 e. The van der Waals surface area contributed by atoms with Gasteiger partial charge in [0.1, 0.15) is 10.6 Å². The number of rotatable bonds is 5. The zero-order valence-corrected chi connectivity index (χ0v) is 18.2. The predicted molar refractivity (Wildman–Crippen MR) is 112 cm³/mol. The van der Waals surface area contributed by atoms with Gasteiger partial charge in [-0.05, 0) is 62.2 Å². The number of ether oxygens (including phenoxy) is 1. The molecule has 2 aromatic carbocycles. The van der Waals surface area contributed by atoms with Gasteiger partial charge in [0.05, 0.1) is 7.11 Å². The number of hydrogen-bond acceptors (Lipinski definition) is 4. The smallest absolute Gasteiger partial charge is 0.255 e. The van der Waals surface area contributed by atoms with E-state index in [9.17, 15) is 13.2 Å². The molecule has 1 fully saturated rings. The van der Waals surface area contributed by atoms with Gasteiger partial charge in [-0.25, -0.2) is 8.42 Å². The minimum absolute atomic E-state index is 0.0206. The molecule has 28 heavy (non-hydrogen) atoms. The fourth-order valence-electron chi connectivity index (χ4n) is 3.31. The van der Waals surface area contributed by atoms with Gasteiger partial charge in [0.2, 0.25) is 10.0 Å². The summed E-state index contributed by atoms with van der Waals surface area (Å²) in [7, 11) is -2.34. The van der Waals surface area contributed by atoms with Crippen LogP contribution >= 0.6 is 15.9 Å². The normalized spacial score (nSPS) is 17.9. The van der Waals surface area contributed by atoms with Gasteiger partial charge in [-0.3, -0.25) is 4.79 Å². The molecule has 6 nitrogen and oxygen atoms in total. The van der Waals surface area contributed by atoms with E-state index in [2.05, 4.69) is 21.2 Å². The fraction of sp³-hybridized carbons (Fsp3) is 0.350. The maximum absolute atomic E-state index is 13.3. The van der Waals surface area contributed by atoms with E-state index in [0.29, 0.717) is 12.2 Å². The van der Waals surface area contributed by atoms with Crippen molar-refractivity contribution >= 4 is 37.5 Å². The largest absolute Gasteiger partial charge is 0.495 e. The topological polar surface area (TPSA) is 75.7 Å². The first-order valence-corrected chi connectivity index (χ1v) is 11.3. The number of sulfonamides is 1. The van der Waals surface area contributed by atoms with Crippen molar-refractivity contribution in [3.05, 3.63) is 52.5 Å². The van der Waals surface area contributed by atoms with E-state index in [1.807, 2.05) is 19.1 Å². The molecule has 1 N–H and O–H groups in total. The molecule has 1 aliphatic heterocycles. The Kier molecular flexibility index (Phi) is 6.42. The number of halogens is 1. The molecule has 0 spiro atoms. The number of carbonyl (C=O) groups excluding carboxylic acids is 1. The van der Waals surface area contributed by atoms with Crippen LogP contribution in [0.25, 0.3) is 0 Å². The third-order valence-electron chi connectivity index (χ3n) is 4.86. The standard InChI is InChI=1S/C20H23BrN2O4S/c1-14-5-3-4-12-23(14)28(25,26)19-13-15(6-11-18(19)27-2)20(24)22-17-9-7-16(21)8-10-17/h6-11,13-14H,3-5,12H2,1-2H3,(H,22,24)/t14-/m0/s1. The van der Waals surface area contributed by atoms with Crippen molar-refractivity contribution in [3.8, 4) is 5.75 Å². The Balaban J connectivity index is 1.93. The molecule has 0 bridgehead atoms. The molecule has 2 aromatic rings. The molecule has 0 unspecified atom stereocenters. The SMILES string of the molecule is COc1ccc(C(=O)Nc2ccc(Br)cc2)cc1S(=O)(=O)N1CCCC[C@@H]1C. The quantitative estimate of drug-likeness (QED) is 0.713. The Labute approximate surface area is 174 Å². The molecule has 0 aromatic heterocycles. The molecule has 8 heteroatoms. The number of anilines is 1. The van der Waals surface area contributed by atoms with Gasteiger partial charge in [0, 0.05) is 28.3 Å². The van der Waals surface area contributed by atoms with E-state index in [4.69, 9.17) is 4.74 Å². The Morgan fingerprint density at radius 2 is 1.89 bits per heavy atom. The van der Waals surface area contributed by atoms with Crippen molar-refractivity contribution in [1.29, 1.82) is 0 Å². The second-order valence-electron chi connectivity index (χ2n) is 6.79. The first kappa shape index (κ1) is 20.8. The van der Waals surface area contributed by atoms with Crippen LogP contribution in [0.3, 0.4) is 0 Å². The summed E-state index contributed by atoms with van der Waals surface area (Å²) in [6.45, 7) is 2.38. The van der Waals surface area contributed by atoms with Crippen molar-refractivity contribution in [1.82, 2.24) is 4.31 Å². The van der Waals surface area contributed by atoms with Crippen LogP contribution in [-0.2, 0) is 10.0 Å². The maximum Gasteiger partial charge on any atom is 0.255 e. The first-order valence-electron chi connectivity index (χ1n) is 9.09. The second-order valence-corrected chi connectivity index (χ2v) is 9.56. The molecule has 1 atom stereocenters. The van der Waals surface area contributed by atoms with Gasteiger partial charge < -0.3 is 10.1 Å². The van der Waals surface area contributed by atoms with E-state index >= 15 is 0 Å². The van der Waals surface area contributed by atoms with Gasteiger partial charge in [0.25, 0.3) is 5.91 Å². The summed E-state index contributed by atoms with van der Waals surface area (Å²) >= 11 is 3.35. The van der Waals surface area contributed by atoms with Crippen LogP contribution in [0.1, 0.15) is 36.5 Å². The summed E-state index contributed by atoms with van der Waals surface area (Å²) in [5, 5.41) is 2.78. The number of carbonyl (C=O) groups is 1. The number of nitrogens with one attached hydrogen (secondary N) is 1. The Morgan fingerprint density at radius 1 is 1.18 bits per heavy atom. The van der Waals surface area contributed by atoms with Crippen LogP contribution in [-0.4, -0.2) is 38.3 Å². The molecule has 0 saturated carbocycles. The Hall–Kier alpha value is -1.90. The zero-order chi connectivity index (χ0) is 20.3. The van der Waals surface area contributed by atoms with Crippen molar-refractivity contribution in [2.75, 3.05) is 19.0 Å². The summed E-state index contributed by atoms with van der Waals surface area (Å²) in [4.78, 5) is 12.7. The van der Waals surface area contributed by atoms with Crippen LogP contribution < -0.4 is 10.1 Å². The third-order valence-corrected chi connectivity index (χ3v) is 7.42. The lowest BCUT2D eigenvalue weighted by atomic mass is 10.1. The van der Waals surface area contributed by atoms with Crippen molar-refractivity contribution in [3.63, 3.8) is 0 Å². The lowest BCUT2D eigenvalue weighted by Crippen LogP contribution is -2.42. The maximum atomic E-state index is 13.3. The molecular formula is C20H23BrN2O4S. The van der Waals surface area contributed by atoms with Gasteiger partial charge in [0.15, 0.2) is 0 Å². The highest BCUT2D eigenvalue weighted by atomic mass is 79.9. The third kappa shape index (κ3) is 4.39. The monoisotopic (exact) mass is 466 g/mol. The number of benzene rings is 2. The van der Waals surface area contributed by atoms with Gasteiger partial charge >= 0.3 is 0 Å². The van der Waals surface area contributed by atoms with Crippen LogP contribution in [0.4, 0.5) is 5.69 Å². The average molecular weight is 467 g/mol. The molecular weight excluding hydrogens is 444 g/mol. The average Bonchev–Trinajstić information content (AvgIpc) is 2.69. The van der Waals surface area contributed by atoms with E-state index in [1.165, 1.54) is 23.5 Å². The van der Waals surface area contributed by atoms with Crippen molar-refractivity contribution < 1.29 is 17.9 Å². The van der Waals surface area contributed by atoms with E-state index in [-0.39, 0.29) is 28.2 Å². The summed E-state index contributed by atoms with van der Waals surface area (Å²) in [5.41, 5.74) is 0.880. The highest BCUT2D eigenvalue weighted by Crippen LogP contribution is 2.32. The number of amides is 1. The molecule has 1 amide bonds. The fourth-order valence-corrected chi connectivity index (χ4v) is 5.46. The molecule has 1 aliphatic rings. The molecule has 3 rings (SSSR count). The van der Waals surface area contributed by atoms with Crippen LogP contribution in [0.15, 0.2) is 51.8 Å². The van der Waals surface area contributed by atoms with Crippen molar-refractivity contribution in [2.45, 2.75) is 37.1 Å². The summed E-state index contributed by atoms with van der Waals surface area (Å²) in [6.07, 6.45) is 2.67. The Morgan fingerprint density at radius 3 is 2.54 bits per heavy atom. The summed E-state index contributed by atoms with van der Waals surface area (Å²) in [5.74, 6) is -0.147. The van der Waals surface area contributed by atoms with Crippen molar-refractivity contribution in [2.24, 2.45) is 0 Å². The second kappa shape index (κ2) is 8.63. The molecule has 150 valence electrons. The van der Waals surface area contributed by atoms with E-state index < -0.39 is 10.0 Å². The lowest BCUT2D eigenvalue weighted by Gasteiger charge is -2.32. The van der Waals surface area contributed by atoms with E-state index in [1.54, 1.807) is 18.2 Å².